The number of halogens is 2. The van der Waals surface area contributed by atoms with Gasteiger partial charge in [0.15, 0.2) is 0 Å². The lowest BCUT2D eigenvalue weighted by Crippen LogP contribution is -2.01. The highest BCUT2D eigenvalue weighted by atomic mass is 35.5. The number of para-hydroxylation sites is 1. The standard InChI is InChI=1S/C18H12Cl2N2O3S/c19-13-8-7-11(10-14(13)20)26-22-15-5-3-9-21-17(15)25-16-6-2-1-4-12(16)18(23)24/h1-10,22H,(H,23,24). The molecule has 0 saturated heterocycles. The summed E-state index contributed by atoms with van der Waals surface area (Å²) >= 11 is 13.2. The fourth-order valence-corrected chi connectivity index (χ4v) is 3.10. The van der Waals surface area contributed by atoms with Crippen LogP contribution in [0.5, 0.6) is 11.6 Å². The van der Waals surface area contributed by atoms with Gasteiger partial charge in [-0.15, -0.1) is 0 Å². The van der Waals surface area contributed by atoms with E-state index in [-0.39, 0.29) is 17.2 Å². The maximum atomic E-state index is 11.3. The fraction of sp³-hybridized carbons (Fsp3) is 0. The van der Waals surface area contributed by atoms with E-state index < -0.39 is 5.97 Å². The third-order valence-electron chi connectivity index (χ3n) is 3.27. The van der Waals surface area contributed by atoms with Crippen LogP contribution in [0.25, 0.3) is 0 Å². The van der Waals surface area contributed by atoms with Gasteiger partial charge in [0.05, 0.1) is 10.0 Å². The van der Waals surface area contributed by atoms with E-state index in [1.54, 1.807) is 48.7 Å². The first-order valence-electron chi connectivity index (χ1n) is 7.37. The predicted molar refractivity (Wildman–Crippen MR) is 104 cm³/mol. The molecule has 132 valence electrons. The summed E-state index contributed by atoms with van der Waals surface area (Å²) in [5, 5.41) is 10.2. The van der Waals surface area contributed by atoms with Crippen molar-refractivity contribution in [3.8, 4) is 11.6 Å². The molecule has 1 aromatic heterocycles. The highest BCUT2D eigenvalue weighted by molar-refractivity contribution is 8.00. The number of aromatic carboxylic acids is 1. The number of hydrogen-bond acceptors (Lipinski definition) is 5. The number of pyridine rings is 1. The Kier molecular flexibility index (Phi) is 5.88. The average molecular weight is 407 g/mol. The number of carboxylic acids is 1. The number of rotatable bonds is 6. The molecule has 0 aliphatic heterocycles. The van der Waals surface area contributed by atoms with Crippen LogP contribution >= 0.6 is 35.1 Å². The maximum absolute atomic E-state index is 11.3. The monoisotopic (exact) mass is 406 g/mol. The van der Waals surface area contributed by atoms with Crippen LogP contribution < -0.4 is 9.46 Å². The third-order valence-corrected chi connectivity index (χ3v) is 4.82. The summed E-state index contributed by atoms with van der Waals surface area (Å²) < 4.78 is 8.84. The minimum absolute atomic E-state index is 0.0567. The summed E-state index contributed by atoms with van der Waals surface area (Å²) in [6.07, 6.45) is 1.56. The second-order valence-corrected chi connectivity index (χ2v) is 6.73. The van der Waals surface area contributed by atoms with Crippen molar-refractivity contribution in [2.24, 2.45) is 0 Å². The Balaban J connectivity index is 1.80. The van der Waals surface area contributed by atoms with E-state index >= 15 is 0 Å². The zero-order valence-electron chi connectivity index (χ0n) is 13.1. The van der Waals surface area contributed by atoms with Crippen LogP contribution in [-0.2, 0) is 0 Å². The van der Waals surface area contributed by atoms with Gasteiger partial charge in [-0.05, 0) is 54.4 Å². The molecule has 0 radical (unpaired) electrons. The Bertz CT molecular complexity index is 953. The number of hydrogen-bond donors (Lipinski definition) is 2. The first kappa shape index (κ1) is 18.4. The van der Waals surface area contributed by atoms with Crippen molar-refractivity contribution in [2.45, 2.75) is 4.90 Å². The summed E-state index contributed by atoms with van der Waals surface area (Å²) in [4.78, 5) is 16.4. The van der Waals surface area contributed by atoms with Gasteiger partial charge in [-0.3, -0.25) is 0 Å². The highest BCUT2D eigenvalue weighted by Crippen LogP contribution is 2.33. The third kappa shape index (κ3) is 4.40. The molecule has 3 aromatic rings. The summed E-state index contributed by atoms with van der Waals surface area (Å²) in [7, 11) is 0. The first-order chi connectivity index (χ1) is 12.5. The number of aromatic nitrogens is 1. The van der Waals surface area contributed by atoms with Gasteiger partial charge in [0.2, 0.25) is 5.88 Å². The molecule has 3 rings (SSSR count). The SMILES string of the molecule is O=C(O)c1ccccc1Oc1ncccc1NSc1ccc(Cl)c(Cl)c1. The van der Waals surface area contributed by atoms with Crippen molar-refractivity contribution < 1.29 is 14.6 Å². The maximum Gasteiger partial charge on any atom is 0.339 e. The van der Waals surface area contributed by atoms with Crippen molar-refractivity contribution >= 4 is 46.8 Å². The van der Waals surface area contributed by atoms with E-state index in [0.29, 0.717) is 15.7 Å². The molecule has 26 heavy (non-hydrogen) atoms. The second kappa shape index (κ2) is 8.31. The molecule has 0 aliphatic carbocycles. The van der Waals surface area contributed by atoms with Crippen LogP contribution in [0.4, 0.5) is 5.69 Å². The van der Waals surface area contributed by atoms with Gasteiger partial charge >= 0.3 is 5.97 Å². The lowest BCUT2D eigenvalue weighted by Gasteiger charge is -2.12. The van der Waals surface area contributed by atoms with E-state index in [1.807, 2.05) is 6.07 Å². The topological polar surface area (TPSA) is 71.5 Å². The number of anilines is 1. The molecular weight excluding hydrogens is 395 g/mol. The van der Waals surface area contributed by atoms with Crippen molar-refractivity contribution in [1.82, 2.24) is 4.98 Å². The molecule has 0 unspecified atom stereocenters. The number of nitrogens with zero attached hydrogens (tertiary/aromatic N) is 1. The van der Waals surface area contributed by atoms with E-state index in [2.05, 4.69) is 9.71 Å². The lowest BCUT2D eigenvalue weighted by atomic mass is 10.2. The minimum atomic E-state index is -1.07. The van der Waals surface area contributed by atoms with E-state index in [0.717, 1.165) is 4.90 Å². The minimum Gasteiger partial charge on any atom is -0.478 e. The summed E-state index contributed by atoms with van der Waals surface area (Å²) in [5.74, 6) is -0.605. The van der Waals surface area contributed by atoms with E-state index in [9.17, 15) is 9.90 Å². The number of carboxylic acid groups (broad SMARTS) is 1. The van der Waals surface area contributed by atoms with E-state index in [4.69, 9.17) is 27.9 Å². The Labute approximate surface area is 164 Å². The van der Waals surface area contributed by atoms with Crippen LogP contribution in [0.2, 0.25) is 10.0 Å². The van der Waals surface area contributed by atoms with Gasteiger partial charge in [-0.25, -0.2) is 9.78 Å². The predicted octanol–water partition coefficient (Wildman–Crippen LogP) is 6.00. The molecule has 5 nitrogen and oxygen atoms in total. The Morgan fingerprint density at radius 1 is 1.08 bits per heavy atom. The molecular formula is C18H12Cl2N2O3S. The van der Waals surface area contributed by atoms with Gasteiger partial charge in [-0.2, -0.15) is 0 Å². The number of nitrogens with one attached hydrogen (secondary N) is 1. The largest absolute Gasteiger partial charge is 0.478 e. The molecule has 2 aromatic carbocycles. The number of ether oxygens (including phenoxy) is 1. The summed E-state index contributed by atoms with van der Waals surface area (Å²) in [6, 6.07) is 15.2. The van der Waals surface area contributed by atoms with Crippen LogP contribution in [0.1, 0.15) is 10.4 Å². The van der Waals surface area contributed by atoms with Crippen molar-refractivity contribution in [3.05, 3.63) is 76.4 Å². The van der Waals surface area contributed by atoms with Crippen molar-refractivity contribution in [3.63, 3.8) is 0 Å². The van der Waals surface area contributed by atoms with Crippen LogP contribution in [0.15, 0.2) is 65.7 Å². The Morgan fingerprint density at radius 2 is 1.88 bits per heavy atom. The van der Waals surface area contributed by atoms with Crippen molar-refractivity contribution in [1.29, 1.82) is 0 Å². The quantitative estimate of drug-likeness (QED) is 0.489. The molecule has 0 atom stereocenters. The smallest absolute Gasteiger partial charge is 0.339 e. The highest BCUT2D eigenvalue weighted by Gasteiger charge is 2.14. The first-order valence-corrected chi connectivity index (χ1v) is 8.95. The second-order valence-electron chi connectivity index (χ2n) is 5.04. The lowest BCUT2D eigenvalue weighted by molar-refractivity contribution is 0.0694. The molecule has 0 amide bonds. The van der Waals surface area contributed by atoms with Crippen molar-refractivity contribution in [2.75, 3.05) is 4.72 Å². The molecule has 0 bridgehead atoms. The Hall–Kier alpha value is -2.41. The van der Waals surface area contributed by atoms with Crippen LogP contribution in [0.3, 0.4) is 0 Å². The number of benzene rings is 2. The zero-order valence-corrected chi connectivity index (χ0v) is 15.5. The van der Waals surface area contributed by atoms with Crippen LogP contribution in [-0.4, -0.2) is 16.1 Å². The fourth-order valence-electron chi connectivity index (χ4n) is 2.04. The molecule has 0 fully saturated rings. The van der Waals surface area contributed by atoms with Gasteiger partial charge in [0, 0.05) is 11.1 Å². The van der Waals surface area contributed by atoms with Gasteiger partial charge in [0.1, 0.15) is 17.0 Å². The molecule has 2 N–H and O–H groups in total. The van der Waals surface area contributed by atoms with Gasteiger partial charge < -0.3 is 14.6 Å². The Morgan fingerprint density at radius 3 is 2.65 bits per heavy atom. The molecule has 0 aliphatic rings. The normalized spacial score (nSPS) is 10.4. The van der Waals surface area contributed by atoms with Crippen LogP contribution in [0, 0.1) is 0 Å². The van der Waals surface area contributed by atoms with E-state index in [1.165, 1.54) is 18.0 Å². The molecule has 0 saturated carbocycles. The number of carbonyl (C=O) groups is 1. The average Bonchev–Trinajstić information content (AvgIpc) is 2.64. The molecule has 0 spiro atoms. The summed E-state index contributed by atoms with van der Waals surface area (Å²) in [5.41, 5.74) is 0.644. The molecule has 1 heterocycles. The van der Waals surface area contributed by atoms with Gasteiger partial charge in [0.25, 0.3) is 0 Å². The molecule has 8 heteroatoms. The van der Waals surface area contributed by atoms with Gasteiger partial charge in [-0.1, -0.05) is 35.3 Å². The zero-order chi connectivity index (χ0) is 18.5. The summed E-state index contributed by atoms with van der Waals surface area (Å²) in [6.45, 7) is 0.